The highest BCUT2D eigenvalue weighted by atomic mass is 19.1. The number of hydrogen-bond donors (Lipinski definition) is 2. The molecule has 4 rings (SSSR count). The van der Waals surface area contributed by atoms with Crippen LogP contribution in [0.3, 0.4) is 0 Å². The average molecular weight is 377 g/mol. The van der Waals surface area contributed by atoms with Crippen molar-refractivity contribution in [1.82, 2.24) is 10.3 Å². The summed E-state index contributed by atoms with van der Waals surface area (Å²) in [5, 5.41) is 6.21. The number of ether oxygens (including phenoxy) is 1. The summed E-state index contributed by atoms with van der Waals surface area (Å²) in [5.74, 6) is 0.230. The molecule has 0 aliphatic carbocycles. The van der Waals surface area contributed by atoms with E-state index >= 15 is 0 Å². The number of carbonyl (C=O) groups is 1. The average Bonchev–Trinajstić information content (AvgIpc) is 2.70. The number of carbonyl (C=O) groups excluding carboxylic acids is 1. The monoisotopic (exact) mass is 377 g/mol. The molecule has 1 aliphatic rings. The van der Waals surface area contributed by atoms with Crippen molar-refractivity contribution >= 4 is 11.6 Å². The summed E-state index contributed by atoms with van der Waals surface area (Å²) in [6.07, 6.45) is 2.79. The van der Waals surface area contributed by atoms with E-state index in [1.54, 1.807) is 24.3 Å². The molecule has 5 nitrogen and oxygen atoms in total. The van der Waals surface area contributed by atoms with Gasteiger partial charge in [-0.2, -0.15) is 0 Å². The fourth-order valence-electron chi connectivity index (χ4n) is 3.32. The third kappa shape index (κ3) is 4.35. The first-order valence-corrected chi connectivity index (χ1v) is 9.17. The van der Waals surface area contributed by atoms with Crippen LogP contribution in [0.25, 0.3) is 0 Å². The van der Waals surface area contributed by atoms with Crippen LogP contribution in [0.2, 0.25) is 0 Å². The number of anilines is 1. The molecule has 0 saturated heterocycles. The summed E-state index contributed by atoms with van der Waals surface area (Å²) in [6, 6.07) is 15.3. The van der Waals surface area contributed by atoms with E-state index in [0.717, 1.165) is 25.1 Å². The van der Waals surface area contributed by atoms with E-state index in [2.05, 4.69) is 21.7 Å². The summed E-state index contributed by atoms with van der Waals surface area (Å²) < 4.78 is 18.7. The third-order valence-electron chi connectivity index (χ3n) is 4.63. The minimum atomic E-state index is -0.375. The van der Waals surface area contributed by atoms with Gasteiger partial charge in [0.25, 0.3) is 0 Å². The molecule has 0 fully saturated rings. The van der Waals surface area contributed by atoms with Crippen LogP contribution >= 0.6 is 0 Å². The van der Waals surface area contributed by atoms with Crippen LogP contribution in [0.1, 0.15) is 16.7 Å². The van der Waals surface area contributed by atoms with Crippen molar-refractivity contribution in [2.75, 3.05) is 11.9 Å². The van der Waals surface area contributed by atoms with Crippen LogP contribution in [0.5, 0.6) is 11.6 Å². The quantitative estimate of drug-likeness (QED) is 0.709. The molecule has 1 aromatic heterocycles. The number of benzene rings is 2. The van der Waals surface area contributed by atoms with E-state index in [1.807, 2.05) is 12.1 Å². The van der Waals surface area contributed by atoms with Gasteiger partial charge in [-0.25, -0.2) is 9.37 Å². The van der Waals surface area contributed by atoms with E-state index in [4.69, 9.17) is 4.74 Å². The van der Waals surface area contributed by atoms with Crippen molar-refractivity contribution in [3.8, 4) is 11.6 Å². The molecular formula is C22H20FN3O2. The second kappa shape index (κ2) is 8.19. The lowest BCUT2D eigenvalue weighted by Gasteiger charge is -2.20. The van der Waals surface area contributed by atoms with Crippen molar-refractivity contribution in [1.29, 1.82) is 0 Å². The molecule has 0 spiro atoms. The molecule has 28 heavy (non-hydrogen) atoms. The first-order valence-electron chi connectivity index (χ1n) is 9.17. The van der Waals surface area contributed by atoms with Crippen LogP contribution < -0.4 is 15.4 Å². The van der Waals surface area contributed by atoms with Crippen LogP contribution in [0.15, 0.2) is 60.8 Å². The number of aromatic nitrogens is 1. The van der Waals surface area contributed by atoms with Gasteiger partial charge in [-0.15, -0.1) is 0 Å². The maximum Gasteiger partial charge on any atom is 0.228 e. The lowest BCUT2D eigenvalue weighted by molar-refractivity contribution is -0.115. The van der Waals surface area contributed by atoms with Crippen molar-refractivity contribution in [2.45, 2.75) is 19.4 Å². The van der Waals surface area contributed by atoms with Crippen LogP contribution in [-0.4, -0.2) is 17.4 Å². The van der Waals surface area contributed by atoms with Gasteiger partial charge in [0.05, 0.1) is 18.3 Å². The molecule has 0 unspecified atom stereocenters. The Hall–Kier alpha value is -3.25. The number of pyridine rings is 1. The van der Waals surface area contributed by atoms with Gasteiger partial charge in [-0.3, -0.25) is 4.79 Å². The fourth-order valence-corrected chi connectivity index (χ4v) is 3.32. The van der Waals surface area contributed by atoms with Gasteiger partial charge >= 0.3 is 0 Å². The summed E-state index contributed by atoms with van der Waals surface area (Å²) >= 11 is 0. The van der Waals surface area contributed by atoms with Gasteiger partial charge in [0.15, 0.2) is 0 Å². The van der Waals surface area contributed by atoms with E-state index in [1.165, 1.54) is 29.5 Å². The van der Waals surface area contributed by atoms with Crippen LogP contribution in [0.4, 0.5) is 10.1 Å². The Balaban J connectivity index is 1.39. The van der Waals surface area contributed by atoms with E-state index in [-0.39, 0.29) is 11.7 Å². The van der Waals surface area contributed by atoms with Gasteiger partial charge in [-0.1, -0.05) is 24.3 Å². The van der Waals surface area contributed by atoms with E-state index in [9.17, 15) is 9.18 Å². The van der Waals surface area contributed by atoms with Crippen LogP contribution in [-0.2, 0) is 24.2 Å². The number of rotatable bonds is 5. The summed E-state index contributed by atoms with van der Waals surface area (Å²) in [5.41, 5.74) is 4.18. The predicted octanol–water partition coefficient (Wildman–Crippen LogP) is 3.84. The normalized spacial score (nSPS) is 12.9. The van der Waals surface area contributed by atoms with Gasteiger partial charge in [0.2, 0.25) is 11.8 Å². The van der Waals surface area contributed by atoms with Crippen molar-refractivity contribution in [3.05, 3.63) is 83.3 Å². The first-order chi connectivity index (χ1) is 13.7. The zero-order chi connectivity index (χ0) is 19.3. The molecule has 1 aliphatic heterocycles. The molecule has 142 valence electrons. The van der Waals surface area contributed by atoms with Crippen molar-refractivity contribution < 1.29 is 13.9 Å². The molecule has 6 heteroatoms. The zero-order valence-electron chi connectivity index (χ0n) is 15.2. The standard InChI is InChI=1S/C22H20FN3O2/c23-17-5-2-6-19(12-17)28-22-8-7-18(14-25-22)26-21(27)11-15-3-1-4-16-13-24-10-9-20(15)16/h1-8,12,14,24H,9-11,13H2,(H,26,27). The summed E-state index contributed by atoms with van der Waals surface area (Å²) in [6.45, 7) is 1.78. The Morgan fingerprint density at radius 3 is 2.89 bits per heavy atom. The maximum atomic E-state index is 13.2. The maximum absolute atomic E-state index is 13.2. The lowest BCUT2D eigenvalue weighted by Crippen LogP contribution is -2.25. The molecule has 2 aromatic carbocycles. The van der Waals surface area contributed by atoms with Crippen LogP contribution in [0, 0.1) is 5.82 Å². The Bertz CT molecular complexity index is 989. The number of nitrogens with one attached hydrogen (secondary N) is 2. The third-order valence-corrected chi connectivity index (χ3v) is 4.63. The number of nitrogens with zero attached hydrogens (tertiary/aromatic N) is 1. The van der Waals surface area contributed by atoms with Gasteiger partial charge in [0.1, 0.15) is 11.6 Å². The minimum absolute atomic E-state index is 0.0902. The highest BCUT2D eigenvalue weighted by Gasteiger charge is 2.14. The number of fused-ring (bicyclic) bond motifs is 1. The molecule has 0 bridgehead atoms. The molecule has 2 N–H and O–H groups in total. The molecule has 0 saturated carbocycles. The molecular weight excluding hydrogens is 357 g/mol. The second-order valence-corrected chi connectivity index (χ2v) is 6.65. The van der Waals surface area contributed by atoms with Crippen molar-refractivity contribution in [2.24, 2.45) is 0 Å². The second-order valence-electron chi connectivity index (χ2n) is 6.65. The Morgan fingerprint density at radius 1 is 1.18 bits per heavy atom. The molecule has 0 radical (unpaired) electrons. The van der Waals surface area contributed by atoms with E-state index < -0.39 is 0 Å². The number of amides is 1. The Morgan fingerprint density at radius 2 is 2.07 bits per heavy atom. The fraction of sp³-hybridized carbons (Fsp3) is 0.182. The Kier molecular flexibility index (Phi) is 5.30. The number of halogens is 1. The molecule has 1 amide bonds. The topological polar surface area (TPSA) is 63.2 Å². The molecule has 2 heterocycles. The highest BCUT2D eigenvalue weighted by molar-refractivity contribution is 5.92. The van der Waals surface area contributed by atoms with Gasteiger partial charge in [-0.05, 0) is 47.9 Å². The molecule has 0 atom stereocenters. The molecule has 3 aromatic rings. The summed E-state index contributed by atoms with van der Waals surface area (Å²) in [7, 11) is 0. The van der Waals surface area contributed by atoms with E-state index in [0.29, 0.717) is 23.7 Å². The smallest absolute Gasteiger partial charge is 0.228 e. The lowest BCUT2D eigenvalue weighted by atomic mass is 9.94. The SMILES string of the molecule is O=C(Cc1cccc2c1CCNC2)Nc1ccc(Oc2cccc(F)c2)nc1. The van der Waals surface area contributed by atoms with Crippen molar-refractivity contribution in [3.63, 3.8) is 0 Å². The largest absolute Gasteiger partial charge is 0.439 e. The Labute approximate surface area is 162 Å². The highest BCUT2D eigenvalue weighted by Crippen LogP contribution is 2.22. The minimum Gasteiger partial charge on any atom is -0.439 e. The van der Waals surface area contributed by atoms with Gasteiger partial charge < -0.3 is 15.4 Å². The predicted molar refractivity (Wildman–Crippen MR) is 105 cm³/mol. The first kappa shape index (κ1) is 18.1. The van der Waals surface area contributed by atoms with Gasteiger partial charge in [0, 0.05) is 18.7 Å². The number of hydrogen-bond acceptors (Lipinski definition) is 4. The summed E-state index contributed by atoms with van der Waals surface area (Å²) in [4.78, 5) is 16.6. The zero-order valence-corrected chi connectivity index (χ0v) is 15.2.